The van der Waals surface area contributed by atoms with Gasteiger partial charge in [-0.1, -0.05) is 23.2 Å². The number of amides is 1. The summed E-state index contributed by atoms with van der Waals surface area (Å²) in [6, 6.07) is 2.14. The predicted molar refractivity (Wildman–Crippen MR) is 96.6 cm³/mol. The van der Waals surface area contributed by atoms with Crippen molar-refractivity contribution < 1.29 is 18.7 Å². The number of ether oxygens (including phenoxy) is 1. The molecule has 0 saturated heterocycles. The van der Waals surface area contributed by atoms with Crippen LogP contribution in [0.3, 0.4) is 0 Å². The number of carbonyl (C=O) groups is 2. The van der Waals surface area contributed by atoms with Crippen molar-refractivity contribution in [3.05, 3.63) is 50.1 Å². The molecule has 1 aromatic heterocycles. The summed E-state index contributed by atoms with van der Waals surface area (Å²) in [5, 5.41) is 4.73. The van der Waals surface area contributed by atoms with E-state index in [1.54, 1.807) is 6.92 Å². The van der Waals surface area contributed by atoms with Gasteiger partial charge in [0, 0.05) is 0 Å². The van der Waals surface area contributed by atoms with Crippen LogP contribution in [0.5, 0.6) is 0 Å². The van der Waals surface area contributed by atoms with Gasteiger partial charge in [-0.25, -0.2) is 9.18 Å². The van der Waals surface area contributed by atoms with Crippen molar-refractivity contribution in [3.63, 3.8) is 0 Å². The fourth-order valence-corrected chi connectivity index (χ4v) is 3.93. The lowest BCUT2D eigenvalue weighted by Gasteiger charge is -2.09. The van der Waals surface area contributed by atoms with Crippen molar-refractivity contribution in [1.82, 2.24) is 0 Å². The van der Waals surface area contributed by atoms with E-state index < -0.39 is 17.7 Å². The van der Waals surface area contributed by atoms with Gasteiger partial charge in [-0.15, -0.1) is 11.3 Å². The Morgan fingerprint density at radius 1 is 1.32 bits per heavy atom. The van der Waals surface area contributed by atoms with Gasteiger partial charge in [-0.2, -0.15) is 0 Å². The van der Waals surface area contributed by atoms with Crippen molar-refractivity contribution in [3.8, 4) is 0 Å². The number of halogens is 3. The van der Waals surface area contributed by atoms with Crippen LogP contribution >= 0.6 is 34.5 Å². The van der Waals surface area contributed by atoms with Gasteiger partial charge in [0.15, 0.2) is 0 Å². The van der Waals surface area contributed by atoms with Gasteiger partial charge in [0.2, 0.25) is 0 Å². The second-order valence-electron chi connectivity index (χ2n) is 5.59. The molecule has 25 heavy (non-hydrogen) atoms. The molecular weight excluding hydrogens is 388 g/mol. The second-order valence-corrected chi connectivity index (χ2v) is 7.28. The zero-order valence-corrected chi connectivity index (χ0v) is 15.5. The van der Waals surface area contributed by atoms with Crippen LogP contribution in [0.1, 0.15) is 52.0 Å². The Hall–Kier alpha value is -1.63. The molecule has 4 nitrogen and oxygen atoms in total. The molecule has 1 aliphatic carbocycles. The average Bonchev–Trinajstić information content (AvgIpc) is 3.32. The molecule has 1 heterocycles. The highest BCUT2D eigenvalue weighted by atomic mass is 35.5. The number of hydrogen-bond acceptors (Lipinski definition) is 4. The highest BCUT2D eigenvalue weighted by molar-refractivity contribution is 7.15. The predicted octanol–water partition coefficient (Wildman–Crippen LogP) is 5.50. The normalized spacial score (nSPS) is 13.6. The fourth-order valence-electron chi connectivity index (χ4n) is 2.44. The highest BCUT2D eigenvalue weighted by Gasteiger charge is 2.32. The lowest BCUT2D eigenvalue weighted by molar-refractivity contribution is 0.0527. The first-order chi connectivity index (χ1) is 11.9. The average molecular weight is 402 g/mol. The van der Waals surface area contributed by atoms with E-state index in [2.05, 4.69) is 5.32 Å². The summed E-state index contributed by atoms with van der Waals surface area (Å²) in [5.74, 6) is -1.52. The summed E-state index contributed by atoms with van der Waals surface area (Å²) in [6.07, 6.45) is 2.01. The molecule has 1 fully saturated rings. The molecule has 1 aliphatic rings. The van der Waals surface area contributed by atoms with Gasteiger partial charge in [0.05, 0.1) is 27.8 Å². The topological polar surface area (TPSA) is 55.4 Å². The molecule has 0 atom stereocenters. The maximum Gasteiger partial charge on any atom is 0.341 e. The van der Waals surface area contributed by atoms with E-state index in [0.29, 0.717) is 16.5 Å². The van der Waals surface area contributed by atoms with Crippen LogP contribution in [0.25, 0.3) is 0 Å². The Morgan fingerprint density at radius 3 is 2.68 bits per heavy atom. The van der Waals surface area contributed by atoms with Crippen molar-refractivity contribution in [2.24, 2.45) is 0 Å². The zero-order valence-electron chi connectivity index (χ0n) is 13.2. The number of hydrogen-bond donors (Lipinski definition) is 1. The van der Waals surface area contributed by atoms with Crippen LogP contribution in [0.2, 0.25) is 10.0 Å². The van der Waals surface area contributed by atoms with Gasteiger partial charge < -0.3 is 10.1 Å². The Labute approximate surface area is 157 Å². The largest absolute Gasteiger partial charge is 0.462 e. The minimum Gasteiger partial charge on any atom is -0.462 e. The van der Waals surface area contributed by atoms with Crippen molar-refractivity contribution in [2.75, 3.05) is 11.9 Å². The van der Waals surface area contributed by atoms with E-state index >= 15 is 0 Å². The van der Waals surface area contributed by atoms with Crippen LogP contribution in [0, 0.1) is 5.82 Å². The van der Waals surface area contributed by atoms with Gasteiger partial charge in [0.25, 0.3) is 5.91 Å². The molecule has 0 bridgehead atoms. The summed E-state index contributed by atoms with van der Waals surface area (Å²) < 4.78 is 18.7. The lowest BCUT2D eigenvalue weighted by Crippen LogP contribution is -2.16. The van der Waals surface area contributed by atoms with E-state index in [9.17, 15) is 14.0 Å². The maximum absolute atomic E-state index is 13.6. The molecule has 2 aromatic rings. The first kappa shape index (κ1) is 18.2. The summed E-state index contributed by atoms with van der Waals surface area (Å²) in [4.78, 5) is 24.8. The molecule has 132 valence electrons. The number of anilines is 1. The van der Waals surface area contributed by atoms with E-state index in [0.717, 1.165) is 24.5 Å². The molecule has 1 aromatic carbocycles. The summed E-state index contributed by atoms with van der Waals surface area (Å²) >= 11 is 12.9. The summed E-state index contributed by atoms with van der Waals surface area (Å²) in [6.45, 7) is 1.95. The molecule has 1 amide bonds. The third kappa shape index (κ3) is 3.81. The number of benzene rings is 1. The standard InChI is InChI=1S/C17H14Cl2FNO3S/c1-2-24-17(23)14-10(8-3-4-8)7-25-16(14)21-15(22)9-5-13(20)12(19)6-11(9)18/h5-8H,2-4H2,1H3,(H,21,22). The monoisotopic (exact) mass is 401 g/mol. The molecule has 8 heteroatoms. The second kappa shape index (κ2) is 7.32. The molecule has 1 N–H and O–H groups in total. The molecule has 0 radical (unpaired) electrons. The van der Waals surface area contributed by atoms with Crippen molar-refractivity contribution in [1.29, 1.82) is 0 Å². The molecule has 0 aliphatic heterocycles. The van der Waals surface area contributed by atoms with Gasteiger partial charge in [0.1, 0.15) is 10.8 Å². The Kier molecular flexibility index (Phi) is 5.32. The Bertz CT molecular complexity index is 849. The number of rotatable bonds is 5. The number of nitrogens with one attached hydrogen (secondary N) is 1. The van der Waals surface area contributed by atoms with E-state index in [1.165, 1.54) is 17.4 Å². The molecule has 0 spiro atoms. The SMILES string of the molecule is CCOC(=O)c1c(C2CC2)csc1NC(=O)c1cc(F)c(Cl)cc1Cl. The summed E-state index contributed by atoms with van der Waals surface area (Å²) in [7, 11) is 0. The number of carbonyl (C=O) groups excluding carboxylic acids is 2. The van der Waals surface area contributed by atoms with E-state index in [1.807, 2.05) is 5.38 Å². The van der Waals surface area contributed by atoms with Crippen LogP contribution in [0.4, 0.5) is 9.39 Å². The molecule has 1 saturated carbocycles. The van der Waals surface area contributed by atoms with E-state index in [4.69, 9.17) is 27.9 Å². The van der Waals surface area contributed by atoms with E-state index in [-0.39, 0.29) is 22.2 Å². The van der Waals surface area contributed by atoms with Crippen LogP contribution in [0.15, 0.2) is 17.5 Å². The molecular formula is C17H14Cl2FNO3S. The van der Waals surface area contributed by atoms with Crippen LogP contribution in [-0.4, -0.2) is 18.5 Å². The first-order valence-electron chi connectivity index (χ1n) is 7.66. The quantitative estimate of drug-likeness (QED) is 0.531. The van der Waals surface area contributed by atoms with Gasteiger partial charge in [-0.3, -0.25) is 4.79 Å². The van der Waals surface area contributed by atoms with Crippen molar-refractivity contribution in [2.45, 2.75) is 25.7 Å². The third-order valence-electron chi connectivity index (χ3n) is 3.80. The van der Waals surface area contributed by atoms with Crippen molar-refractivity contribution >= 4 is 51.4 Å². The minimum atomic E-state index is -0.744. The Balaban J connectivity index is 1.91. The first-order valence-corrected chi connectivity index (χ1v) is 9.30. The smallest absolute Gasteiger partial charge is 0.341 e. The molecule has 3 rings (SSSR count). The fraction of sp³-hybridized carbons (Fsp3) is 0.294. The Morgan fingerprint density at radius 2 is 2.04 bits per heavy atom. The van der Waals surface area contributed by atoms with Gasteiger partial charge in [-0.05, 0) is 48.8 Å². The van der Waals surface area contributed by atoms with Gasteiger partial charge >= 0.3 is 5.97 Å². The molecule has 0 unspecified atom stereocenters. The van der Waals surface area contributed by atoms with Crippen LogP contribution < -0.4 is 5.32 Å². The number of esters is 1. The zero-order chi connectivity index (χ0) is 18.1. The lowest BCUT2D eigenvalue weighted by atomic mass is 10.1. The third-order valence-corrected chi connectivity index (χ3v) is 5.31. The highest BCUT2D eigenvalue weighted by Crippen LogP contribution is 2.46. The maximum atomic E-state index is 13.6. The summed E-state index contributed by atoms with van der Waals surface area (Å²) in [5.41, 5.74) is 1.19. The number of thiophene rings is 1. The minimum absolute atomic E-state index is 0.0283. The van der Waals surface area contributed by atoms with Crippen LogP contribution in [-0.2, 0) is 4.74 Å².